The van der Waals surface area contributed by atoms with Crippen molar-refractivity contribution in [2.45, 2.75) is 53.4 Å². The van der Waals surface area contributed by atoms with Crippen LogP contribution in [0.25, 0.3) is 0 Å². The molecule has 0 aliphatic carbocycles. The first-order chi connectivity index (χ1) is 8.97. The molecule has 0 aromatic carbocycles. The topological polar surface area (TPSA) is 69.6 Å². The fourth-order valence-electron chi connectivity index (χ4n) is 2.09. The van der Waals surface area contributed by atoms with Crippen LogP contribution in [0.2, 0.25) is 0 Å². The number of carboxylic acid groups (broad SMARTS) is 1. The highest BCUT2D eigenvalue weighted by Gasteiger charge is 2.35. The lowest BCUT2D eigenvalue weighted by molar-refractivity contribution is -0.149. The molecule has 5 nitrogen and oxygen atoms in total. The monoisotopic (exact) mass is 272 g/mol. The molecule has 2 N–H and O–H groups in total. The molecule has 0 fully saturated rings. The lowest BCUT2D eigenvalue weighted by Gasteiger charge is -2.29. The zero-order chi connectivity index (χ0) is 14.9. The van der Waals surface area contributed by atoms with Crippen LogP contribution in [0, 0.1) is 5.41 Å². The molecule has 0 rings (SSSR count). The van der Waals surface area contributed by atoms with Crippen molar-refractivity contribution in [3.05, 3.63) is 0 Å². The highest BCUT2D eigenvalue weighted by molar-refractivity contribution is 5.78. The molecule has 0 aliphatic heterocycles. The molecule has 5 heteroatoms. The third kappa shape index (κ3) is 5.09. The number of urea groups is 1. The fraction of sp³-hybridized carbons (Fsp3) is 0.857. The average molecular weight is 272 g/mol. The van der Waals surface area contributed by atoms with Crippen LogP contribution in [0.4, 0.5) is 4.79 Å². The number of carbonyl (C=O) groups excluding carboxylic acids is 1. The molecule has 0 aromatic rings. The Bertz CT molecular complexity index is 282. The summed E-state index contributed by atoms with van der Waals surface area (Å²) < 4.78 is 0. The minimum absolute atomic E-state index is 0.156. The molecule has 0 unspecified atom stereocenters. The van der Waals surface area contributed by atoms with E-state index in [1.165, 1.54) is 0 Å². The van der Waals surface area contributed by atoms with Crippen LogP contribution in [0.15, 0.2) is 0 Å². The van der Waals surface area contributed by atoms with Gasteiger partial charge in [0.1, 0.15) is 0 Å². The first-order valence-electron chi connectivity index (χ1n) is 7.23. The Morgan fingerprint density at radius 1 is 1.05 bits per heavy atom. The van der Waals surface area contributed by atoms with E-state index in [0.29, 0.717) is 25.9 Å². The molecule has 0 aliphatic rings. The van der Waals surface area contributed by atoms with E-state index in [4.69, 9.17) is 0 Å². The first-order valence-corrected chi connectivity index (χ1v) is 7.23. The van der Waals surface area contributed by atoms with Gasteiger partial charge < -0.3 is 15.3 Å². The van der Waals surface area contributed by atoms with Gasteiger partial charge in [0, 0.05) is 19.6 Å². The van der Waals surface area contributed by atoms with Crippen molar-refractivity contribution in [3.63, 3.8) is 0 Å². The maximum atomic E-state index is 12.0. The van der Waals surface area contributed by atoms with E-state index in [2.05, 4.69) is 5.32 Å². The van der Waals surface area contributed by atoms with Crippen molar-refractivity contribution >= 4 is 12.0 Å². The van der Waals surface area contributed by atoms with Crippen molar-refractivity contribution in [3.8, 4) is 0 Å². The molecular formula is C14H28N2O3. The maximum absolute atomic E-state index is 12.0. The van der Waals surface area contributed by atoms with Crippen molar-refractivity contribution in [1.29, 1.82) is 0 Å². The number of carboxylic acids is 1. The van der Waals surface area contributed by atoms with Crippen LogP contribution in [-0.2, 0) is 4.79 Å². The lowest BCUT2D eigenvalue weighted by Crippen LogP contribution is -2.47. The molecule has 0 saturated carbocycles. The Morgan fingerprint density at radius 2 is 1.53 bits per heavy atom. The summed E-state index contributed by atoms with van der Waals surface area (Å²) in [5.41, 5.74) is -0.847. The van der Waals surface area contributed by atoms with Crippen molar-refractivity contribution < 1.29 is 14.7 Å². The van der Waals surface area contributed by atoms with E-state index in [0.717, 1.165) is 12.8 Å². The molecule has 19 heavy (non-hydrogen) atoms. The molecule has 0 spiro atoms. The summed E-state index contributed by atoms with van der Waals surface area (Å²) in [4.78, 5) is 25.1. The van der Waals surface area contributed by atoms with Crippen molar-refractivity contribution in [1.82, 2.24) is 10.2 Å². The van der Waals surface area contributed by atoms with Gasteiger partial charge in [0.05, 0.1) is 5.41 Å². The van der Waals surface area contributed by atoms with Gasteiger partial charge in [0.25, 0.3) is 0 Å². The Balaban J connectivity index is 4.57. The van der Waals surface area contributed by atoms with Gasteiger partial charge in [-0.2, -0.15) is 0 Å². The van der Waals surface area contributed by atoms with Gasteiger partial charge in [-0.1, -0.05) is 27.7 Å². The van der Waals surface area contributed by atoms with Gasteiger partial charge in [-0.15, -0.1) is 0 Å². The van der Waals surface area contributed by atoms with E-state index in [1.54, 1.807) is 4.90 Å². The molecular weight excluding hydrogens is 244 g/mol. The zero-order valence-electron chi connectivity index (χ0n) is 12.7. The quantitative estimate of drug-likeness (QED) is 0.678. The minimum Gasteiger partial charge on any atom is -0.481 e. The smallest absolute Gasteiger partial charge is 0.317 e. The van der Waals surface area contributed by atoms with Crippen molar-refractivity contribution in [2.24, 2.45) is 5.41 Å². The highest BCUT2D eigenvalue weighted by atomic mass is 16.4. The number of hydrogen-bond donors (Lipinski definition) is 2. The van der Waals surface area contributed by atoms with Crippen LogP contribution >= 0.6 is 0 Å². The third-order valence-electron chi connectivity index (χ3n) is 3.66. The van der Waals surface area contributed by atoms with Crippen molar-refractivity contribution in [2.75, 3.05) is 19.6 Å². The van der Waals surface area contributed by atoms with Crippen LogP contribution in [0.1, 0.15) is 53.4 Å². The largest absolute Gasteiger partial charge is 0.481 e. The molecule has 112 valence electrons. The van der Waals surface area contributed by atoms with E-state index in [-0.39, 0.29) is 12.6 Å². The number of aliphatic carboxylic acids is 1. The van der Waals surface area contributed by atoms with E-state index in [1.807, 2.05) is 27.7 Å². The Hall–Kier alpha value is -1.26. The van der Waals surface area contributed by atoms with E-state index < -0.39 is 11.4 Å². The van der Waals surface area contributed by atoms with Crippen LogP contribution in [0.5, 0.6) is 0 Å². The number of amides is 2. The van der Waals surface area contributed by atoms with E-state index >= 15 is 0 Å². The normalized spacial score (nSPS) is 11.2. The average Bonchev–Trinajstić information content (AvgIpc) is 2.39. The molecule has 0 atom stereocenters. The fourth-order valence-corrected chi connectivity index (χ4v) is 2.09. The summed E-state index contributed by atoms with van der Waals surface area (Å²) in [5.74, 6) is -0.838. The molecule has 0 heterocycles. The summed E-state index contributed by atoms with van der Waals surface area (Å²) in [6, 6.07) is -0.156. The van der Waals surface area contributed by atoms with Gasteiger partial charge in [0.2, 0.25) is 0 Å². The van der Waals surface area contributed by atoms with Gasteiger partial charge in [-0.3, -0.25) is 4.79 Å². The predicted octanol–water partition coefficient (Wildman–Crippen LogP) is 2.71. The second kappa shape index (κ2) is 8.77. The van der Waals surface area contributed by atoms with Crippen LogP contribution in [-0.4, -0.2) is 41.6 Å². The number of nitrogens with one attached hydrogen (secondary N) is 1. The summed E-state index contributed by atoms with van der Waals surface area (Å²) in [7, 11) is 0. The van der Waals surface area contributed by atoms with E-state index in [9.17, 15) is 14.7 Å². The molecule has 0 aromatic heterocycles. The molecule has 2 amide bonds. The van der Waals surface area contributed by atoms with Gasteiger partial charge >= 0.3 is 12.0 Å². The van der Waals surface area contributed by atoms with Gasteiger partial charge in [0.15, 0.2) is 0 Å². The molecule has 0 radical (unpaired) electrons. The van der Waals surface area contributed by atoms with Crippen LogP contribution in [0.3, 0.4) is 0 Å². The van der Waals surface area contributed by atoms with Crippen LogP contribution < -0.4 is 5.32 Å². The second-order valence-electron chi connectivity index (χ2n) is 4.94. The molecule has 0 saturated heterocycles. The summed E-state index contributed by atoms with van der Waals surface area (Å²) >= 11 is 0. The Kier molecular flexibility index (Phi) is 8.19. The first kappa shape index (κ1) is 17.7. The third-order valence-corrected chi connectivity index (χ3v) is 3.66. The standard InChI is InChI=1S/C14H28N2O3/c1-5-9-16(10-6-2)13(19)15-11-14(7-3,8-4)12(17)18/h5-11H2,1-4H3,(H,15,19)(H,17,18). The maximum Gasteiger partial charge on any atom is 0.317 e. The molecule has 0 bridgehead atoms. The Morgan fingerprint density at radius 3 is 1.84 bits per heavy atom. The minimum atomic E-state index is -0.847. The lowest BCUT2D eigenvalue weighted by atomic mass is 9.82. The van der Waals surface area contributed by atoms with Gasteiger partial charge in [-0.05, 0) is 25.7 Å². The Labute approximate surface area is 116 Å². The number of carbonyl (C=O) groups is 2. The predicted molar refractivity (Wildman–Crippen MR) is 76.2 cm³/mol. The second-order valence-corrected chi connectivity index (χ2v) is 4.94. The number of hydrogen-bond acceptors (Lipinski definition) is 2. The highest BCUT2D eigenvalue weighted by Crippen LogP contribution is 2.25. The summed E-state index contributed by atoms with van der Waals surface area (Å²) in [5, 5.41) is 12.1. The number of nitrogens with zero attached hydrogens (tertiary/aromatic N) is 1. The summed E-state index contributed by atoms with van der Waals surface area (Å²) in [6.07, 6.45) is 2.83. The number of rotatable bonds is 9. The summed E-state index contributed by atoms with van der Waals surface area (Å²) in [6.45, 7) is 9.35. The van der Waals surface area contributed by atoms with Gasteiger partial charge in [-0.25, -0.2) is 4.79 Å². The zero-order valence-corrected chi connectivity index (χ0v) is 12.7. The SMILES string of the molecule is CCCN(CCC)C(=O)NCC(CC)(CC)C(=O)O.